The van der Waals surface area contributed by atoms with Crippen molar-refractivity contribution in [1.29, 1.82) is 0 Å². The first-order chi connectivity index (χ1) is 18.2. The molecule has 6 heteroatoms. The Bertz CT molecular complexity index is 1430. The van der Waals surface area contributed by atoms with Crippen molar-refractivity contribution in [2.45, 2.75) is 39.8 Å². The minimum absolute atomic E-state index is 0.0758. The summed E-state index contributed by atoms with van der Waals surface area (Å²) >= 11 is 0. The van der Waals surface area contributed by atoms with Gasteiger partial charge in [-0.1, -0.05) is 42.5 Å². The van der Waals surface area contributed by atoms with Gasteiger partial charge in [0.05, 0.1) is 35.5 Å². The van der Waals surface area contributed by atoms with Crippen LogP contribution in [0.1, 0.15) is 38.4 Å². The number of allylic oxidation sites excluding steroid dienone is 1. The van der Waals surface area contributed by atoms with Gasteiger partial charge in [-0.15, -0.1) is 0 Å². The topological polar surface area (TPSA) is 49.6 Å². The number of hydrogen-bond donors (Lipinski definition) is 0. The number of imidazole rings is 1. The highest BCUT2D eigenvalue weighted by atomic mass is 15.5. The van der Waals surface area contributed by atoms with Crippen LogP contribution in [0, 0.1) is 0 Å². The minimum atomic E-state index is 0.0758. The maximum Gasteiger partial charge on any atom is 0.150 e. The molecule has 0 radical (unpaired) electrons. The van der Waals surface area contributed by atoms with Crippen LogP contribution >= 0.6 is 0 Å². The van der Waals surface area contributed by atoms with Crippen LogP contribution in [0.3, 0.4) is 0 Å². The Morgan fingerprint density at radius 3 is 2.51 bits per heavy atom. The van der Waals surface area contributed by atoms with E-state index in [1.165, 1.54) is 11.3 Å². The van der Waals surface area contributed by atoms with Gasteiger partial charge in [-0.3, -0.25) is 0 Å². The average molecular weight is 491 g/mol. The zero-order chi connectivity index (χ0) is 25.6. The van der Waals surface area contributed by atoms with Crippen molar-refractivity contribution >= 4 is 40.3 Å². The lowest BCUT2D eigenvalue weighted by Crippen LogP contribution is -2.24. The Morgan fingerprint density at radius 2 is 1.73 bits per heavy atom. The van der Waals surface area contributed by atoms with Gasteiger partial charge in [-0.05, 0) is 68.8 Å². The molecule has 1 aliphatic heterocycles. The summed E-state index contributed by atoms with van der Waals surface area (Å²) in [5, 5.41) is 8.16. The first kappa shape index (κ1) is 24.5. The van der Waals surface area contributed by atoms with Gasteiger partial charge in [-0.2, -0.15) is 5.10 Å². The highest BCUT2D eigenvalue weighted by Crippen LogP contribution is 2.27. The summed E-state index contributed by atoms with van der Waals surface area (Å²) in [5.74, 6) is 0.854. The normalized spacial score (nSPS) is 15.8. The number of anilines is 2. The minimum Gasteiger partial charge on any atom is -0.372 e. The molecule has 0 amide bonds. The van der Waals surface area contributed by atoms with E-state index in [9.17, 15) is 0 Å². The molecule has 0 N–H and O–H groups in total. The summed E-state index contributed by atoms with van der Waals surface area (Å²) < 4.78 is 2.12. The first-order valence-corrected chi connectivity index (χ1v) is 13.1. The molecule has 37 heavy (non-hydrogen) atoms. The first-order valence-electron chi connectivity index (χ1n) is 13.1. The van der Waals surface area contributed by atoms with Crippen LogP contribution in [-0.4, -0.2) is 39.4 Å². The molecular formula is C31H34N6. The number of aryl methyl sites for hydroxylation is 1. The molecule has 0 aliphatic carbocycles. The van der Waals surface area contributed by atoms with E-state index in [-0.39, 0.29) is 6.04 Å². The van der Waals surface area contributed by atoms with Crippen molar-refractivity contribution in [3.8, 4) is 0 Å². The third-order valence-corrected chi connectivity index (χ3v) is 6.85. The predicted molar refractivity (Wildman–Crippen MR) is 156 cm³/mol. The third kappa shape index (κ3) is 5.48. The molecule has 5 rings (SSSR count). The molecule has 1 aliphatic rings. The standard InChI is InChI=1S/C31H34N6/c1-4-35(5-2)27-16-11-24(12-17-27)13-18-28-21-26(15-19-29-22-32-23-36(29)6-3)34-37(28)31-20-14-25-9-7-8-10-30(25)33-31/h7-20,22-23,28H,4-6,21H2,1-3H3. The van der Waals surface area contributed by atoms with E-state index in [2.05, 4.69) is 102 Å². The number of rotatable bonds is 9. The number of pyridine rings is 1. The molecule has 2 aromatic heterocycles. The van der Waals surface area contributed by atoms with Gasteiger partial charge in [0.15, 0.2) is 0 Å². The second-order valence-corrected chi connectivity index (χ2v) is 9.13. The number of hydrogen-bond acceptors (Lipinski definition) is 5. The quantitative estimate of drug-likeness (QED) is 0.263. The van der Waals surface area contributed by atoms with Crippen LogP contribution in [0.4, 0.5) is 11.5 Å². The van der Waals surface area contributed by atoms with Gasteiger partial charge >= 0.3 is 0 Å². The Kier molecular flexibility index (Phi) is 7.45. The predicted octanol–water partition coefficient (Wildman–Crippen LogP) is 6.66. The van der Waals surface area contributed by atoms with Crippen molar-refractivity contribution in [2.24, 2.45) is 5.10 Å². The van der Waals surface area contributed by atoms with Crippen LogP contribution in [-0.2, 0) is 6.54 Å². The SMILES string of the molecule is CCN(CC)c1ccc(C=CC2CC(C=Cc3cncn3CC)=NN2c2ccc3ccccc3n2)cc1. The van der Waals surface area contributed by atoms with Crippen molar-refractivity contribution in [1.82, 2.24) is 14.5 Å². The fourth-order valence-corrected chi connectivity index (χ4v) is 4.73. The second-order valence-electron chi connectivity index (χ2n) is 9.13. The molecule has 1 atom stereocenters. The number of hydrazone groups is 1. The highest BCUT2D eigenvalue weighted by Gasteiger charge is 2.25. The van der Waals surface area contributed by atoms with Crippen LogP contribution in [0.15, 0.2) is 90.4 Å². The molecule has 0 saturated carbocycles. The molecular weight excluding hydrogens is 456 g/mol. The van der Waals surface area contributed by atoms with Gasteiger partial charge < -0.3 is 9.47 Å². The van der Waals surface area contributed by atoms with Crippen LogP contribution in [0.2, 0.25) is 0 Å². The highest BCUT2D eigenvalue weighted by molar-refractivity contribution is 6.01. The van der Waals surface area contributed by atoms with E-state index < -0.39 is 0 Å². The summed E-state index contributed by atoms with van der Waals surface area (Å²) in [6.45, 7) is 9.40. The zero-order valence-corrected chi connectivity index (χ0v) is 21.8. The molecule has 188 valence electrons. The van der Waals surface area contributed by atoms with E-state index >= 15 is 0 Å². The van der Waals surface area contributed by atoms with Gasteiger partial charge in [0.25, 0.3) is 0 Å². The molecule has 0 fully saturated rings. The monoisotopic (exact) mass is 490 g/mol. The second kappa shape index (κ2) is 11.2. The summed E-state index contributed by atoms with van der Waals surface area (Å²) in [7, 11) is 0. The Balaban J connectivity index is 1.42. The maximum absolute atomic E-state index is 4.99. The molecule has 1 unspecified atom stereocenters. The zero-order valence-electron chi connectivity index (χ0n) is 21.8. The molecule has 0 bridgehead atoms. The van der Waals surface area contributed by atoms with E-state index in [1.807, 2.05) is 35.7 Å². The number of aromatic nitrogens is 3. The fraction of sp³-hybridized carbons (Fsp3) is 0.258. The lowest BCUT2D eigenvalue weighted by atomic mass is 10.1. The Hall–Kier alpha value is -4.19. The van der Waals surface area contributed by atoms with Crippen LogP contribution in [0.5, 0.6) is 0 Å². The van der Waals surface area contributed by atoms with Crippen molar-refractivity contribution in [2.75, 3.05) is 23.0 Å². The average Bonchev–Trinajstić information content (AvgIpc) is 3.58. The van der Waals surface area contributed by atoms with Crippen molar-refractivity contribution < 1.29 is 0 Å². The molecule has 0 saturated heterocycles. The molecule has 6 nitrogen and oxygen atoms in total. The largest absolute Gasteiger partial charge is 0.372 e. The Morgan fingerprint density at radius 1 is 0.919 bits per heavy atom. The number of nitrogens with zero attached hydrogens (tertiary/aromatic N) is 6. The molecule has 2 aromatic carbocycles. The molecule has 3 heterocycles. The number of para-hydroxylation sites is 1. The van der Waals surface area contributed by atoms with E-state index in [4.69, 9.17) is 10.1 Å². The van der Waals surface area contributed by atoms with Gasteiger partial charge in [0.1, 0.15) is 5.82 Å². The van der Waals surface area contributed by atoms with Crippen molar-refractivity contribution in [3.05, 3.63) is 96.6 Å². The Labute approximate surface area is 219 Å². The molecule has 0 spiro atoms. The summed E-state index contributed by atoms with van der Waals surface area (Å²) in [6.07, 6.45) is 13.2. The fourth-order valence-electron chi connectivity index (χ4n) is 4.73. The summed E-state index contributed by atoms with van der Waals surface area (Å²) in [6, 6.07) is 21.2. The number of fused-ring (bicyclic) bond motifs is 1. The van der Waals surface area contributed by atoms with E-state index in [0.29, 0.717) is 0 Å². The van der Waals surface area contributed by atoms with Gasteiger partial charge in [0.2, 0.25) is 0 Å². The lowest BCUT2D eigenvalue weighted by molar-refractivity contribution is 0.754. The van der Waals surface area contributed by atoms with E-state index in [1.54, 1.807) is 0 Å². The van der Waals surface area contributed by atoms with Crippen molar-refractivity contribution in [3.63, 3.8) is 0 Å². The van der Waals surface area contributed by atoms with Gasteiger partial charge in [-0.25, -0.2) is 15.0 Å². The van der Waals surface area contributed by atoms with Gasteiger partial charge in [0, 0.05) is 37.1 Å². The van der Waals surface area contributed by atoms with E-state index in [0.717, 1.165) is 54.2 Å². The molecule has 4 aromatic rings. The lowest BCUT2D eigenvalue weighted by Gasteiger charge is -2.21. The van der Waals surface area contributed by atoms with Crippen LogP contribution in [0.25, 0.3) is 23.1 Å². The summed E-state index contributed by atoms with van der Waals surface area (Å²) in [5.41, 5.74) is 5.50. The third-order valence-electron chi connectivity index (χ3n) is 6.85. The smallest absolute Gasteiger partial charge is 0.150 e. The number of benzene rings is 2. The maximum atomic E-state index is 4.99. The summed E-state index contributed by atoms with van der Waals surface area (Å²) in [4.78, 5) is 11.6. The van der Waals surface area contributed by atoms with Crippen LogP contribution < -0.4 is 9.91 Å².